The number of nitrogens with two attached hydrogens (primary N) is 1. The SMILES string of the molecule is NCCCN1C(Cc2ccccc2)=CS/C1=C\c1ccc(F)cc1. The first-order valence-corrected chi connectivity index (χ1v) is 8.99. The fourth-order valence-corrected chi connectivity index (χ4v) is 3.66. The number of nitrogens with zero attached hydrogens (tertiary/aromatic N) is 1. The number of benzene rings is 2. The van der Waals surface area contributed by atoms with Crippen LogP contribution >= 0.6 is 11.8 Å². The summed E-state index contributed by atoms with van der Waals surface area (Å²) in [5.41, 5.74) is 9.29. The summed E-state index contributed by atoms with van der Waals surface area (Å²) in [7, 11) is 0. The molecule has 0 bridgehead atoms. The molecule has 0 atom stereocenters. The lowest BCUT2D eigenvalue weighted by molar-refractivity contribution is 0.445. The normalized spacial score (nSPS) is 15.8. The van der Waals surface area contributed by atoms with Gasteiger partial charge in [0.15, 0.2) is 0 Å². The van der Waals surface area contributed by atoms with E-state index in [4.69, 9.17) is 5.73 Å². The van der Waals surface area contributed by atoms with Gasteiger partial charge < -0.3 is 10.6 Å². The number of thioether (sulfide) groups is 1. The molecule has 24 heavy (non-hydrogen) atoms. The molecule has 2 N–H and O–H groups in total. The summed E-state index contributed by atoms with van der Waals surface area (Å²) >= 11 is 1.72. The van der Waals surface area contributed by atoms with Crippen LogP contribution in [0.4, 0.5) is 4.39 Å². The Balaban J connectivity index is 1.79. The smallest absolute Gasteiger partial charge is 0.123 e. The average Bonchev–Trinajstić information content (AvgIpc) is 2.97. The maximum absolute atomic E-state index is 13.1. The molecule has 1 aliphatic rings. The summed E-state index contributed by atoms with van der Waals surface area (Å²) in [6.07, 6.45) is 3.95. The van der Waals surface area contributed by atoms with Crippen LogP contribution < -0.4 is 5.73 Å². The van der Waals surface area contributed by atoms with Crippen LogP contribution in [-0.4, -0.2) is 18.0 Å². The van der Waals surface area contributed by atoms with Crippen molar-refractivity contribution in [1.29, 1.82) is 0 Å². The van der Waals surface area contributed by atoms with Crippen molar-refractivity contribution in [3.63, 3.8) is 0 Å². The van der Waals surface area contributed by atoms with Gasteiger partial charge in [-0.15, -0.1) is 0 Å². The summed E-state index contributed by atoms with van der Waals surface area (Å²) in [4.78, 5) is 2.33. The van der Waals surface area contributed by atoms with Crippen LogP contribution in [0, 0.1) is 5.82 Å². The Morgan fingerprint density at radius 2 is 1.79 bits per heavy atom. The van der Waals surface area contributed by atoms with Gasteiger partial charge in [-0.25, -0.2) is 4.39 Å². The van der Waals surface area contributed by atoms with E-state index in [9.17, 15) is 4.39 Å². The quantitative estimate of drug-likeness (QED) is 0.833. The highest BCUT2D eigenvalue weighted by molar-refractivity contribution is 8.06. The van der Waals surface area contributed by atoms with Gasteiger partial charge in [-0.1, -0.05) is 54.2 Å². The fourth-order valence-electron chi connectivity index (χ4n) is 2.66. The monoisotopic (exact) mass is 340 g/mol. The van der Waals surface area contributed by atoms with Crippen molar-refractivity contribution in [1.82, 2.24) is 4.90 Å². The summed E-state index contributed by atoms with van der Waals surface area (Å²) < 4.78 is 13.1. The molecule has 2 nitrogen and oxygen atoms in total. The second-order valence-corrected chi connectivity index (χ2v) is 6.61. The molecule has 0 spiro atoms. The first-order chi connectivity index (χ1) is 11.8. The molecule has 0 fully saturated rings. The minimum atomic E-state index is -0.209. The lowest BCUT2D eigenvalue weighted by Crippen LogP contribution is -2.22. The van der Waals surface area contributed by atoms with Crippen molar-refractivity contribution in [2.75, 3.05) is 13.1 Å². The van der Waals surface area contributed by atoms with Gasteiger partial charge in [-0.3, -0.25) is 0 Å². The van der Waals surface area contributed by atoms with E-state index < -0.39 is 0 Å². The lowest BCUT2D eigenvalue weighted by atomic mass is 10.1. The molecule has 124 valence electrons. The second kappa shape index (κ2) is 8.18. The highest BCUT2D eigenvalue weighted by atomic mass is 32.2. The van der Waals surface area contributed by atoms with Crippen LogP contribution in [0.5, 0.6) is 0 Å². The third kappa shape index (κ3) is 4.28. The molecule has 0 amide bonds. The molecular weight excluding hydrogens is 319 g/mol. The molecule has 2 aromatic rings. The standard InChI is InChI=1S/C20H21FN2S/c21-18-9-7-17(8-10-18)14-20-23(12-4-11-22)19(15-24-20)13-16-5-2-1-3-6-16/h1-3,5-10,14-15H,4,11-13,22H2/b20-14-. The Hall–Kier alpha value is -2.04. The minimum absolute atomic E-state index is 0.209. The number of allylic oxidation sites excluding steroid dienone is 1. The van der Waals surface area contributed by atoms with Crippen LogP contribution in [-0.2, 0) is 6.42 Å². The zero-order chi connectivity index (χ0) is 16.8. The number of hydrogen-bond donors (Lipinski definition) is 1. The molecule has 2 aromatic carbocycles. The molecule has 1 heterocycles. The first-order valence-electron chi connectivity index (χ1n) is 8.11. The first kappa shape index (κ1) is 16.8. The minimum Gasteiger partial charge on any atom is -0.339 e. The van der Waals surface area contributed by atoms with Crippen molar-refractivity contribution in [2.24, 2.45) is 5.73 Å². The Kier molecular flexibility index (Phi) is 5.72. The van der Waals surface area contributed by atoms with Gasteiger partial charge in [0.05, 0.1) is 5.03 Å². The Bertz CT molecular complexity index is 723. The summed E-state index contributed by atoms with van der Waals surface area (Å²) in [5.74, 6) is -0.209. The van der Waals surface area contributed by atoms with Crippen LogP contribution in [0.1, 0.15) is 17.5 Å². The number of halogens is 1. The predicted octanol–water partition coefficient (Wildman–Crippen LogP) is 4.61. The number of rotatable bonds is 6. The summed E-state index contributed by atoms with van der Waals surface area (Å²) in [6.45, 7) is 1.57. The average molecular weight is 340 g/mol. The largest absolute Gasteiger partial charge is 0.339 e. The van der Waals surface area contributed by atoms with Crippen molar-refractivity contribution in [3.05, 3.63) is 87.7 Å². The van der Waals surface area contributed by atoms with E-state index in [1.165, 1.54) is 28.4 Å². The molecule has 1 aliphatic heterocycles. The van der Waals surface area contributed by atoms with Crippen molar-refractivity contribution in [3.8, 4) is 0 Å². The van der Waals surface area contributed by atoms with E-state index >= 15 is 0 Å². The van der Waals surface area contributed by atoms with Crippen LogP contribution in [0.2, 0.25) is 0 Å². The summed E-state index contributed by atoms with van der Waals surface area (Å²) in [5, 5.41) is 3.37. The third-order valence-electron chi connectivity index (χ3n) is 3.90. The van der Waals surface area contributed by atoms with Crippen LogP contribution in [0.25, 0.3) is 6.08 Å². The maximum Gasteiger partial charge on any atom is 0.123 e. The van der Waals surface area contributed by atoms with Gasteiger partial charge in [0.2, 0.25) is 0 Å². The molecule has 0 saturated heterocycles. The number of hydrogen-bond acceptors (Lipinski definition) is 3. The van der Waals surface area contributed by atoms with Crippen molar-refractivity contribution in [2.45, 2.75) is 12.8 Å². The zero-order valence-electron chi connectivity index (χ0n) is 13.5. The topological polar surface area (TPSA) is 29.3 Å². The second-order valence-electron chi connectivity index (χ2n) is 5.72. The molecule has 0 aliphatic carbocycles. The third-order valence-corrected chi connectivity index (χ3v) is 4.87. The zero-order valence-corrected chi connectivity index (χ0v) is 14.3. The van der Waals surface area contributed by atoms with Crippen molar-refractivity contribution < 1.29 is 4.39 Å². The van der Waals surface area contributed by atoms with E-state index in [1.54, 1.807) is 23.9 Å². The van der Waals surface area contributed by atoms with E-state index in [1.807, 2.05) is 6.07 Å². The fraction of sp³-hybridized carbons (Fsp3) is 0.200. The Morgan fingerprint density at radius 1 is 1.04 bits per heavy atom. The molecule has 0 saturated carbocycles. The van der Waals surface area contributed by atoms with E-state index in [-0.39, 0.29) is 5.82 Å². The highest BCUT2D eigenvalue weighted by Crippen LogP contribution is 2.37. The van der Waals surface area contributed by atoms with E-state index in [0.717, 1.165) is 24.9 Å². The van der Waals surface area contributed by atoms with E-state index in [0.29, 0.717) is 6.54 Å². The molecular formula is C20H21FN2S. The molecule has 4 heteroatoms. The van der Waals surface area contributed by atoms with Crippen LogP contribution in [0.15, 0.2) is 70.7 Å². The molecule has 0 aromatic heterocycles. The summed E-state index contributed by atoms with van der Waals surface area (Å²) in [6, 6.07) is 17.1. The predicted molar refractivity (Wildman–Crippen MR) is 101 cm³/mol. The Morgan fingerprint density at radius 3 is 2.50 bits per heavy atom. The maximum atomic E-state index is 13.1. The van der Waals surface area contributed by atoms with Crippen molar-refractivity contribution >= 4 is 17.8 Å². The van der Waals surface area contributed by atoms with Gasteiger partial charge in [0.25, 0.3) is 0 Å². The van der Waals surface area contributed by atoms with Gasteiger partial charge in [-0.2, -0.15) is 0 Å². The molecule has 0 unspecified atom stereocenters. The lowest BCUT2D eigenvalue weighted by Gasteiger charge is -2.23. The van der Waals surface area contributed by atoms with Gasteiger partial charge in [0.1, 0.15) is 5.82 Å². The molecule has 3 rings (SSSR count). The molecule has 0 radical (unpaired) electrons. The van der Waals surface area contributed by atoms with E-state index in [2.05, 4.69) is 40.6 Å². The van der Waals surface area contributed by atoms with Gasteiger partial charge in [-0.05, 0) is 47.7 Å². The van der Waals surface area contributed by atoms with Gasteiger partial charge >= 0.3 is 0 Å². The van der Waals surface area contributed by atoms with Crippen LogP contribution in [0.3, 0.4) is 0 Å². The highest BCUT2D eigenvalue weighted by Gasteiger charge is 2.21. The Labute approximate surface area is 146 Å². The van der Waals surface area contributed by atoms with Gasteiger partial charge in [0, 0.05) is 18.7 Å².